The van der Waals surface area contributed by atoms with Gasteiger partial charge in [-0.25, -0.2) is 0 Å². The van der Waals surface area contributed by atoms with Crippen LogP contribution in [0.5, 0.6) is 0 Å². The maximum absolute atomic E-state index is 10.8. The van der Waals surface area contributed by atoms with Crippen molar-refractivity contribution in [2.75, 3.05) is 6.54 Å². The zero-order valence-corrected chi connectivity index (χ0v) is 10.9. The van der Waals surface area contributed by atoms with E-state index in [1.165, 1.54) is 38.5 Å². The molecule has 3 heteroatoms. The first-order chi connectivity index (χ1) is 7.82. The Kier molecular flexibility index (Phi) is 2.20. The zero-order chi connectivity index (χ0) is 12.3. The second-order valence-corrected chi connectivity index (χ2v) is 7.66. The van der Waals surface area contributed by atoms with Gasteiger partial charge in [0.2, 0.25) is 0 Å². The summed E-state index contributed by atoms with van der Waals surface area (Å²) in [6.07, 6.45) is 7.62. The van der Waals surface area contributed by atoms with Gasteiger partial charge in [-0.15, -0.1) is 0 Å². The van der Waals surface area contributed by atoms with Crippen molar-refractivity contribution in [1.29, 1.82) is 0 Å². The molecule has 4 aliphatic carbocycles. The van der Waals surface area contributed by atoms with Crippen molar-refractivity contribution in [2.45, 2.75) is 57.9 Å². The first kappa shape index (κ1) is 11.5. The van der Waals surface area contributed by atoms with E-state index in [1.807, 2.05) is 0 Å². The summed E-state index contributed by atoms with van der Waals surface area (Å²) in [5.74, 6) is 0.0959. The van der Waals surface area contributed by atoms with Crippen LogP contribution < -0.4 is 5.32 Å². The fourth-order valence-corrected chi connectivity index (χ4v) is 5.91. The first-order valence-electron chi connectivity index (χ1n) is 6.79. The molecule has 0 aromatic heterocycles. The molecule has 0 aromatic carbocycles. The molecule has 17 heavy (non-hydrogen) atoms. The van der Waals surface area contributed by atoms with Gasteiger partial charge in [0.1, 0.15) is 0 Å². The summed E-state index contributed by atoms with van der Waals surface area (Å²) in [6, 6.07) is 0. The summed E-state index contributed by atoms with van der Waals surface area (Å²) < 4.78 is 0. The van der Waals surface area contributed by atoms with Gasteiger partial charge in [-0.2, -0.15) is 0 Å². The van der Waals surface area contributed by atoms with Gasteiger partial charge in [-0.3, -0.25) is 4.79 Å². The van der Waals surface area contributed by atoms with Crippen LogP contribution in [-0.2, 0) is 4.79 Å². The molecule has 4 fully saturated rings. The highest BCUT2D eigenvalue weighted by Crippen LogP contribution is 2.66. The Morgan fingerprint density at radius 2 is 1.76 bits per heavy atom. The molecule has 0 radical (unpaired) electrons. The Hall–Kier alpha value is -0.570. The van der Waals surface area contributed by atoms with Crippen LogP contribution in [0.15, 0.2) is 0 Å². The molecule has 0 aliphatic heterocycles. The van der Waals surface area contributed by atoms with E-state index in [1.54, 1.807) is 0 Å². The molecule has 96 valence electrons. The van der Waals surface area contributed by atoms with Crippen molar-refractivity contribution in [3.63, 3.8) is 0 Å². The highest BCUT2D eigenvalue weighted by atomic mass is 16.4. The van der Waals surface area contributed by atoms with Crippen molar-refractivity contribution >= 4 is 5.97 Å². The van der Waals surface area contributed by atoms with Crippen LogP contribution in [0.4, 0.5) is 0 Å². The van der Waals surface area contributed by atoms with Gasteiger partial charge in [-0.1, -0.05) is 13.8 Å². The Labute approximate surface area is 103 Å². The number of hydrogen-bond donors (Lipinski definition) is 2. The fraction of sp³-hybridized carbons (Fsp3) is 0.929. The quantitative estimate of drug-likeness (QED) is 0.792. The summed E-state index contributed by atoms with van der Waals surface area (Å²) in [5, 5.41) is 12.3. The van der Waals surface area contributed by atoms with E-state index in [4.69, 9.17) is 5.11 Å². The second kappa shape index (κ2) is 3.25. The van der Waals surface area contributed by atoms with Gasteiger partial charge in [0.25, 0.3) is 0 Å². The van der Waals surface area contributed by atoms with E-state index in [0.717, 1.165) is 5.92 Å². The molecule has 3 nitrogen and oxygen atoms in total. The molecule has 4 saturated carbocycles. The van der Waals surface area contributed by atoms with E-state index < -0.39 is 5.97 Å². The Balaban J connectivity index is 1.84. The monoisotopic (exact) mass is 237 g/mol. The normalized spacial score (nSPS) is 51.8. The maximum atomic E-state index is 10.8. The number of carbonyl (C=O) groups is 1. The van der Waals surface area contributed by atoms with Gasteiger partial charge in [0.15, 0.2) is 0 Å². The second-order valence-electron chi connectivity index (χ2n) is 7.66. The lowest BCUT2D eigenvalue weighted by Gasteiger charge is -2.65. The summed E-state index contributed by atoms with van der Waals surface area (Å²) in [5.41, 5.74) is 1.04. The molecule has 4 bridgehead atoms. The third-order valence-electron chi connectivity index (χ3n) is 5.24. The van der Waals surface area contributed by atoms with Crippen LogP contribution in [0.25, 0.3) is 0 Å². The van der Waals surface area contributed by atoms with Crippen LogP contribution in [-0.4, -0.2) is 23.2 Å². The molecule has 4 atom stereocenters. The summed E-state index contributed by atoms with van der Waals surface area (Å²) >= 11 is 0. The highest BCUT2D eigenvalue weighted by Gasteiger charge is 2.59. The minimum absolute atomic E-state index is 0.124. The van der Waals surface area contributed by atoms with Crippen LogP contribution in [0.2, 0.25) is 0 Å². The molecule has 0 saturated heterocycles. The topological polar surface area (TPSA) is 49.3 Å². The molecule has 0 aromatic rings. The lowest BCUT2D eigenvalue weighted by molar-refractivity contribution is -0.141. The minimum atomic E-state index is -0.726. The molecule has 4 rings (SSSR count). The summed E-state index contributed by atoms with van der Waals surface area (Å²) in [6.45, 7) is 4.94. The molecular formula is C14H23NO2. The van der Waals surface area contributed by atoms with Crippen molar-refractivity contribution in [1.82, 2.24) is 5.32 Å². The van der Waals surface area contributed by atoms with Gasteiger partial charge < -0.3 is 10.4 Å². The molecular weight excluding hydrogens is 214 g/mol. The largest absolute Gasteiger partial charge is 0.480 e. The molecule has 4 aliphatic rings. The predicted molar refractivity (Wildman–Crippen MR) is 65.8 cm³/mol. The average Bonchev–Trinajstić information content (AvgIpc) is 2.08. The number of aliphatic carboxylic acids is 1. The zero-order valence-electron chi connectivity index (χ0n) is 10.9. The van der Waals surface area contributed by atoms with Crippen LogP contribution in [0, 0.1) is 16.7 Å². The number of carboxylic acid groups (broad SMARTS) is 1. The Bertz CT molecular complexity index is 347. The van der Waals surface area contributed by atoms with Crippen molar-refractivity contribution in [2.24, 2.45) is 16.7 Å². The molecule has 0 amide bonds. The van der Waals surface area contributed by atoms with E-state index in [0.29, 0.717) is 10.8 Å². The minimum Gasteiger partial charge on any atom is -0.480 e. The van der Waals surface area contributed by atoms with E-state index in [-0.39, 0.29) is 12.1 Å². The van der Waals surface area contributed by atoms with Crippen molar-refractivity contribution < 1.29 is 9.90 Å². The van der Waals surface area contributed by atoms with Crippen LogP contribution in [0.1, 0.15) is 52.4 Å². The molecule has 2 N–H and O–H groups in total. The van der Waals surface area contributed by atoms with E-state index >= 15 is 0 Å². The average molecular weight is 237 g/mol. The smallest absolute Gasteiger partial charge is 0.317 e. The Morgan fingerprint density at radius 3 is 2.24 bits per heavy atom. The highest BCUT2D eigenvalue weighted by molar-refractivity contribution is 5.69. The number of carboxylic acids is 1. The van der Waals surface area contributed by atoms with Gasteiger partial charge >= 0.3 is 5.97 Å². The maximum Gasteiger partial charge on any atom is 0.317 e. The van der Waals surface area contributed by atoms with E-state index in [9.17, 15) is 4.79 Å². The lowest BCUT2D eigenvalue weighted by atomic mass is 9.43. The molecule has 2 unspecified atom stereocenters. The van der Waals surface area contributed by atoms with Crippen LogP contribution >= 0.6 is 0 Å². The lowest BCUT2D eigenvalue weighted by Crippen LogP contribution is -2.64. The SMILES string of the molecule is C[C@]12CC3CC(NCC(=O)O)(C1)C[C@@](C)(C3)C2. The predicted octanol–water partition coefficient (Wildman–Crippen LogP) is 2.41. The molecule has 0 spiro atoms. The van der Waals surface area contributed by atoms with Gasteiger partial charge in [0.05, 0.1) is 6.54 Å². The van der Waals surface area contributed by atoms with Gasteiger partial charge in [0, 0.05) is 5.54 Å². The van der Waals surface area contributed by atoms with Crippen LogP contribution in [0.3, 0.4) is 0 Å². The van der Waals surface area contributed by atoms with Crippen molar-refractivity contribution in [3.8, 4) is 0 Å². The third-order valence-corrected chi connectivity index (χ3v) is 5.24. The van der Waals surface area contributed by atoms with Gasteiger partial charge in [-0.05, 0) is 55.3 Å². The number of nitrogens with one attached hydrogen (secondary N) is 1. The first-order valence-corrected chi connectivity index (χ1v) is 6.79. The Morgan fingerprint density at radius 1 is 1.18 bits per heavy atom. The number of rotatable bonds is 3. The summed E-state index contributed by atoms with van der Waals surface area (Å²) in [7, 11) is 0. The molecule has 0 heterocycles. The third kappa shape index (κ3) is 1.88. The standard InChI is InChI=1S/C14H23NO2/c1-12-3-10-4-13(2,7-12)9-14(5-10,8-12)15-6-11(16)17/h10,15H,3-9H2,1-2H3,(H,16,17)/t10?,12-,13+,14?. The van der Waals surface area contributed by atoms with E-state index in [2.05, 4.69) is 19.2 Å². The summed E-state index contributed by atoms with van der Waals surface area (Å²) in [4.78, 5) is 10.8. The fourth-order valence-electron chi connectivity index (χ4n) is 5.91. The number of hydrogen-bond acceptors (Lipinski definition) is 2. The van der Waals surface area contributed by atoms with Crippen molar-refractivity contribution in [3.05, 3.63) is 0 Å².